The quantitative estimate of drug-likeness (QED) is 0.529. The molecule has 0 aliphatic rings. The zero-order chi connectivity index (χ0) is 20.6. The molecule has 3 rings (SSSR count). The number of carbonyl (C=O) groups is 1. The second-order valence-corrected chi connectivity index (χ2v) is 7.69. The van der Waals surface area contributed by atoms with Crippen LogP contribution in [0.5, 0.6) is 5.75 Å². The molecule has 3 heteroatoms. The molecule has 0 aliphatic carbocycles. The maximum Gasteiger partial charge on any atom is 0.153 e. The molecule has 3 nitrogen and oxygen atoms in total. The summed E-state index contributed by atoms with van der Waals surface area (Å²) in [6, 6.07) is 13.9. The Morgan fingerprint density at radius 2 is 1.14 bits per heavy atom. The molecule has 0 saturated carbocycles. The number of anilines is 3. The van der Waals surface area contributed by atoms with Gasteiger partial charge in [0.05, 0.1) is 16.9 Å². The van der Waals surface area contributed by atoms with Crippen LogP contribution >= 0.6 is 0 Å². The largest absolute Gasteiger partial charge is 0.507 e. The summed E-state index contributed by atoms with van der Waals surface area (Å²) < 4.78 is 0. The molecule has 3 aromatic carbocycles. The molecule has 0 spiro atoms. The highest BCUT2D eigenvalue weighted by Gasteiger charge is 2.21. The number of carbonyl (C=O) groups excluding carboxylic acids is 1. The standard InChI is InChI=1S/C25H27NO2/c1-15-9-17(3)24(18(4)10-15)26(22-8-7-21(14-27)23(28)13-22)25-19(5)11-16(2)12-20(25)6/h7-14,28H,1-6H3. The molecule has 3 aromatic rings. The number of aldehydes is 1. The van der Waals surface area contributed by atoms with Crippen LogP contribution in [0.1, 0.15) is 43.7 Å². The van der Waals surface area contributed by atoms with Gasteiger partial charge in [0, 0.05) is 11.8 Å². The number of phenols is 1. The number of nitrogens with zero attached hydrogens (tertiary/aromatic N) is 1. The molecular weight excluding hydrogens is 346 g/mol. The van der Waals surface area contributed by atoms with Crippen LogP contribution in [-0.4, -0.2) is 11.4 Å². The minimum atomic E-state index is -0.0117. The van der Waals surface area contributed by atoms with Crippen LogP contribution in [0.2, 0.25) is 0 Å². The van der Waals surface area contributed by atoms with Gasteiger partial charge in [0.2, 0.25) is 0 Å². The highest BCUT2D eigenvalue weighted by atomic mass is 16.3. The number of aromatic hydroxyl groups is 1. The van der Waals surface area contributed by atoms with Crippen molar-refractivity contribution in [3.05, 3.63) is 81.4 Å². The van der Waals surface area contributed by atoms with Gasteiger partial charge in [0.25, 0.3) is 0 Å². The fourth-order valence-corrected chi connectivity index (χ4v) is 4.19. The number of phenolic OH excluding ortho intramolecular Hbond substituents is 1. The van der Waals surface area contributed by atoms with Gasteiger partial charge in [-0.25, -0.2) is 0 Å². The Labute approximate surface area is 167 Å². The summed E-state index contributed by atoms with van der Waals surface area (Å²) in [5.74, 6) is -0.0117. The predicted octanol–water partition coefficient (Wildman–Crippen LogP) is 6.53. The predicted molar refractivity (Wildman–Crippen MR) is 117 cm³/mol. The number of benzene rings is 3. The Bertz CT molecular complexity index is 963. The van der Waals surface area contributed by atoms with Gasteiger partial charge >= 0.3 is 0 Å². The van der Waals surface area contributed by atoms with E-state index in [0.717, 1.165) is 39.3 Å². The van der Waals surface area contributed by atoms with Crippen molar-refractivity contribution in [2.45, 2.75) is 41.5 Å². The smallest absolute Gasteiger partial charge is 0.153 e. The van der Waals surface area contributed by atoms with Gasteiger partial charge in [-0.15, -0.1) is 0 Å². The van der Waals surface area contributed by atoms with E-state index >= 15 is 0 Å². The Morgan fingerprint density at radius 3 is 1.50 bits per heavy atom. The van der Waals surface area contributed by atoms with E-state index in [1.807, 2.05) is 6.07 Å². The van der Waals surface area contributed by atoms with Gasteiger partial charge in [0.15, 0.2) is 6.29 Å². The van der Waals surface area contributed by atoms with Crippen LogP contribution in [0.3, 0.4) is 0 Å². The van der Waals surface area contributed by atoms with Crippen molar-refractivity contribution in [1.29, 1.82) is 0 Å². The average Bonchev–Trinajstić information content (AvgIpc) is 2.58. The summed E-state index contributed by atoms with van der Waals surface area (Å²) >= 11 is 0. The molecule has 0 fully saturated rings. The first-order valence-electron chi connectivity index (χ1n) is 9.47. The van der Waals surface area contributed by atoms with Crippen LogP contribution in [0.4, 0.5) is 17.1 Å². The molecule has 0 radical (unpaired) electrons. The summed E-state index contributed by atoms with van der Waals surface area (Å²) in [6.07, 6.45) is 0.675. The summed E-state index contributed by atoms with van der Waals surface area (Å²) in [7, 11) is 0. The Morgan fingerprint density at radius 1 is 0.714 bits per heavy atom. The lowest BCUT2D eigenvalue weighted by molar-refractivity contribution is 0.112. The van der Waals surface area contributed by atoms with E-state index in [1.54, 1.807) is 12.1 Å². The molecule has 0 heterocycles. The molecule has 0 bridgehead atoms. The van der Waals surface area contributed by atoms with Crippen molar-refractivity contribution in [2.75, 3.05) is 4.90 Å². The SMILES string of the molecule is Cc1cc(C)c(N(c2ccc(C=O)c(O)c2)c2c(C)cc(C)cc2C)c(C)c1. The number of hydrogen-bond donors (Lipinski definition) is 1. The van der Waals surface area contributed by atoms with Crippen molar-refractivity contribution in [3.8, 4) is 5.75 Å². The monoisotopic (exact) mass is 373 g/mol. The van der Waals surface area contributed by atoms with E-state index in [2.05, 4.69) is 70.7 Å². The third-order valence-corrected chi connectivity index (χ3v) is 5.12. The minimum Gasteiger partial charge on any atom is -0.507 e. The first-order valence-corrected chi connectivity index (χ1v) is 9.47. The van der Waals surface area contributed by atoms with Crippen LogP contribution in [-0.2, 0) is 0 Å². The number of aryl methyl sites for hydroxylation is 6. The van der Waals surface area contributed by atoms with Crippen LogP contribution in [0.15, 0.2) is 42.5 Å². The first-order chi connectivity index (χ1) is 13.2. The molecule has 0 aromatic heterocycles. The van der Waals surface area contributed by atoms with Crippen molar-refractivity contribution < 1.29 is 9.90 Å². The van der Waals surface area contributed by atoms with Crippen LogP contribution in [0, 0.1) is 41.5 Å². The Hall–Kier alpha value is -3.07. The van der Waals surface area contributed by atoms with Crippen molar-refractivity contribution in [2.24, 2.45) is 0 Å². The second kappa shape index (κ2) is 7.51. The zero-order valence-electron chi connectivity index (χ0n) is 17.4. The highest BCUT2D eigenvalue weighted by molar-refractivity contribution is 5.87. The molecule has 0 amide bonds. The third-order valence-electron chi connectivity index (χ3n) is 5.12. The summed E-state index contributed by atoms with van der Waals surface area (Å²) in [4.78, 5) is 13.4. The van der Waals surface area contributed by atoms with E-state index in [9.17, 15) is 9.90 Å². The maximum absolute atomic E-state index is 11.2. The van der Waals surface area contributed by atoms with E-state index in [0.29, 0.717) is 11.8 Å². The van der Waals surface area contributed by atoms with E-state index < -0.39 is 0 Å². The molecular formula is C25H27NO2. The van der Waals surface area contributed by atoms with Crippen LogP contribution < -0.4 is 4.90 Å². The molecule has 0 aliphatic heterocycles. The van der Waals surface area contributed by atoms with Crippen LogP contribution in [0.25, 0.3) is 0 Å². The third kappa shape index (κ3) is 3.53. The summed E-state index contributed by atoms with van der Waals surface area (Å²) in [5.41, 5.74) is 10.4. The topological polar surface area (TPSA) is 40.5 Å². The minimum absolute atomic E-state index is 0.0117. The fraction of sp³-hybridized carbons (Fsp3) is 0.240. The zero-order valence-corrected chi connectivity index (χ0v) is 17.4. The lowest BCUT2D eigenvalue weighted by Gasteiger charge is -2.32. The first kappa shape index (κ1) is 19.7. The second-order valence-electron chi connectivity index (χ2n) is 7.69. The van der Waals surface area contributed by atoms with Gasteiger partial charge in [-0.2, -0.15) is 0 Å². The summed E-state index contributed by atoms with van der Waals surface area (Å²) in [5, 5.41) is 10.3. The van der Waals surface area contributed by atoms with E-state index in [-0.39, 0.29) is 5.75 Å². The van der Waals surface area contributed by atoms with Gasteiger partial charge < -0.3 is 10.0 Å². The normalized spacial score (nSPS) is 10.8. The van der Waals surface area contributed by atoms with E-state index in [1.165, 1.54) is 11.1 Å². The highest BCUT2D eigenvalue weighted by Crippen LogP contribution is 2.43. The number of hydrogen-bond acceptors (Lipinski definition) is 3. The van der Waals surface area contributed by atoms with Gasteiger partial charge in [-0.05, 0) is 75.9 Å². The maximum atomic E-state index is 11.2. The van der Waals surface area contributed by atoms with Crippen molar-refractivity contribution in [3.63, 3.8) is 0 Å². The molecule has 144 valence electrons. The van der Waals surface area contributed by atoms with Gasteiger partial charge in [-0.1, -0.05) is 35.4 Å². The Balaban J connectivity index is 2.36. The van der Waals surface area contributed by atoms with E-state index in [4.69, 9.17) is 0 Å². The Kier molecular flexibility index (Phi) is 5.28. The number of rotatable bonds is 4. The summed E-state index contributed by atoms with van der Waals surface area (Å²) in [6.45, 7) is 12.6. The van der Waals surface area contributed by atoms with Crippen molar-refractivity contribution >= 4 is 23.3 Å². The average molecular weight is 373 g/mol. The molecule has 0 atom stereocenters. The lowest BCUT2D eigenvalue weighted by Crippen LogP contribution is -2.16. The van der Waals surface area contributed by atoms with Gasteiger partial charge in [-0.3, -0.25) is 4.79 Å². The molecule has 0 unspecified atom stereocenters. The van der Waals surface area contributed by atoms with Gasteiger partial charge in [0.1, 0.15) is 5.75 Å². The fourth-order valence-electron chi connectivity index (χ4n) is 4.19. The molecule has 1 N–H and O–H groups in total. The lowest BCUT2D eigenvalue weighted by atomic mass is 9.98. The molecule has 0 saturated heterocycles. The van der Waals surface area contributed by atoms with Crippen molar-refractivity contribution in [1.82, 2.24) is 0 Å². The molecule has 28 heavy (non-hydrogen) atoms.